The van der Waals surface area contributed by atoms with Crippen molar-refractivity contribution in [2.24, 2.45) is 0 Å². The van der Waals surface area contributed by atoms with E-state index in [2.05, 4.69) is 56.3 Å². The standard InChI is InChI=1S/C20H14N4.C6H5.Cd/c1-2-14-10-16-5-6-18(23-16)12-20-8-7-19(24-20)11-17-4-3-15(22-17)9-13(1)21-14;1-2-4-6-5-3-1;/h1-12,21-22H;1-5H;/q;-1;. The minimum absolute atomic E-state index is 0. The van der Waals surface area contributed by atoms with E-state index in [0.717, 1.165) is 44.8 Å². The van der Waals surface area contributed by atoms with Crippen LogP contribution in [0.5, 0.6) is 0 Å². The zero-order valence-electron chi connectivity index (χ0n) is 16.9. The molecule has 1 aromatic carbocycles. The maximum absolute atomic E-state index is 4.62. The van der Waals surface area contributed by atoms with Crippen LogP contribution < -0.4 is 0 Å². The number of nitrogens with one attached hydrogen (secondary N) is 2. The van der Waals surface area contributed by atoms with Gasteiger partial charge in [-0.05, 0) is 72.8 Å². The number of aromatic nitrogens is 4. The van der Waals surface area contributed by atoms with Crippen LogP contribution in [0.25, 0.3) is 46.4 Å². The minimum Gasteiger partial charge on any atom is -0.355 e. The first-order chi connectivity index (χ1) is 14.8. The van der Waals surface area contributed by atoms with E-state index in [9.17, 15) is 0 Å². The van der Waals surface area contributed by atoms with Gasteiger partial charge in [0.1, 0.15) is 0 Å². The third-order valence-corrected chi connectivity index (χ3v) is 4.65. The van der Waals surface area contributed by atoms with Gasteiger partial charge < -0.3 is 9.97 Å². The molecule has 146 valence electrons. The maximum Gasteiger partial charge on any atom is 0.0659 e. The van der Waals surface area contributed by atoms with Crippen molar-refractivity contribution in [1.82, 2.24) is 19.9 Å². The SMILES string of the molecule is C1=Cc2cc3ccc(cc4ccc(cc5nc(cc1n2)C=C5)[nH]4)[nH]3.[Cd].[c-]1ccccc1. The molecule has 0 unspecified atom stereocenters. The Balaban J connectivity index is 0.000000288. The zero-order valence-corrected chi connectivity index (χ0v) is 21.0. The summed E-state index contributed by atoms with van der Waals surface area (Å²) in [5.41, 5.74) is 7.86. The molecular formula is C26H19CdN4-. The summed E-state index contributed by atoms with van der Waals surface area (Å²) < 4.78 is 0. The molecule has 8 bridgehead atoms. The number of H-pyrrole nitrogens is 2. The molecular weight excluding hydrogens is 481 g/mol. The van der Waals surface area contributed by atoms with E-state index in [-0.39, 0.29) is 27.3 Å². The molecule has 31 heavy (non-hydrogen) atoms. The molecule has 4 nitrogen and oxygen atoms in total. The number of aromatic amines is 2. The summed E-state index contributed by atoms with van der Waals surface area (Å²) in [5, 5.41) is 0. The molecule has 0 fully saturated rings. The molecule has 6 rings (SSSR count). The molecule has 5 heteroatoms. The molecule has 2 aliphatic heterocycles. The third kappa shape index (κ3) is 5.46. The van der Waals surface area contributed by atoms with Crippen LogP contribution in [0.2, 0.25) is 0 Å². The van der Waals surface area contributed by atoms with Crippen molar-refractivity contribution in [2.45, 2.75) is 0 Å². The molecule has 2 aliphatic rings. The third-order valence-electron chi connectivity index (χ3n) is 4.65. The Morgan fingerprint density at radius 2 is 0.935 bits per heavy atom. The number of hydrogen-bond donors (Lipinski definition) is 2. The molecule has 4 aromatic rings. The second-order valence-corrected chi connectivity index (χ2v) is 6.98. The van der Waals surface area contributed by atoms with Gasteiger partial charge in [0.2, 0.25) is 0 Å². The van der Waals surface area contributed by atoms with Gasteiger partial charge in [-0.1, -0.05) is 0 Å². The summed E-state index contributed by atoms with van der Waals surface area (Å²) >= 11 is 0. The molecule has 0 saturated carbocycles. The Hall–Kier alpha value is -3.26. The van der Waals surface area contributed by atoms with Crippen molar-refractivity contribution in [3.63, 3.8) is 0 Å². The number of nitrogens with zero attached hydrogens (tertiary/aromatic N) is 2. The summed E-state index contributed by atoms with van der Waals surface area (Å²) in [7, 11) is 0. The molecule has 0 spiro atoms. The molecule has 0 amide bonds. The van der Waals surface area contributed by atoms with Crippen molar-refractivity contribution >= 4 is 46.4 Å². The van der Waals surface area contributed by atoms with E-state index >= 15 is 0 Å². The Morgan fingerprint density at radius 1 is 0.516 bits per heavy atom. The van der Waals surface area contributed by atoms with Crippen LogP contribution in [0.1, 0.15) is 22.8 Å². The van der Waals surface area contributed by atoms with Crippen LogP contribution in [0.4, 0.5) is 0 Å². The van der Waals surface area contributed by atoms with Crippen molar-refractivity contribution in [1.29, 1.82) is 0 Å². The van der Waals surface area contributed by atoms with E-state index in [4.69, 9.17) is 0 Å². The Morgan fingerprint density at radius 3 is 1.32 bits per heavy atom. The van der Waals surface area contributed by atoms with Crippen LogP contribution in [0.3, 0.4) is 0 Å². The first-order valence-electron chi connectivity index (χ1n) is 9.76. The Labute approximate surface area is 200 Å². The summed E-state index contributed by atoms with van der Waals surface area (Å²) in [5.74, 6) is 0. The second-order valence-electron chi connectivity index (χ2n) is 6.98. The van der Waals surface area contributed by atoms with Gasteiger partial charge in [0.05, 0.1) is 22.8 Å². The fourth-order valence-electron chi connectivity index (χ4n) is 3.29. The smallest absolute Gasteiger partial charge is 0.0659 e. The van der Waals surface area contributed by atoms with Gasteiger partial charge in [0, 0.05) is 49.4 Å². The maximum atomic E-state index is 4.62. The molecule has 0 radical (unpaired) electrons. The molecule has 5 heterocycles. The quantitative estimate of drug-likeness (QED) is 0.195. The van der Waals surface area contributed by atoms with Crippen LogP contribution in [0, 0.1) is 6.07 Å². The Kier molecular flexibility index (Phi) is 6.57. The average molecular weight is 500 g/mol. The molecule has 0 aliphatic carbocycles. The zero-order chi connectivity index (χ0) is 20.2. The summed E-state index contributed by atoms with van der Waals surface area (Å²) in [6, 6.07) is 28.9. The number of hydrogen-bond acceptors (Lipinski definition) is 2. The summed E-state index contributed by atoms with van der Waals surface area (Å²) in [6.07, 6.45) is 8.05. The monoisotopic (exact) mass is 501 g/mol. The fraction of sp³-hybridized carbons (Fsp3) is 0. The van der Waals surface area contributed by atoms with E-state index < -0.39 is 0 Å². The predicted octanol–water partition coefficient (Wildman–Crippen LogP) is 6.14. The summed E-state index contributed by atoms with van der Waals surface area (Å²) in [6.45, 7) is 0. The molecule has 2 N–H and O–H groups in total. The van der Waals surface area contributed by atoms with Crippen LogP contribution >= 0.6 is 0 Å². The van der Waals surface area contributed by atoms with Crippen molar-refractivity contribution in [3.8, 4) is 0 Å². The van der Waals surface area contributed by atoms with Gasteiger partial charge >= 0.3 is 0 Å². The second kappa shape index (κ2) is 9.70. The van der Waals surface area contributed by atoms with Crippen molar-refractivity contribution < 1.29 is 27.3 Å². The van der Waals surface area contributed by atoms with Gasteiger partial charge in [-0.3, -0.25) is 0 Å². The van der Waals surface area contributed by atoms with E-state index in [1.54, 1.807) is 0 Å². The first-order valence-corrected chi connectivity index (χ1v) is 9.76. The number of fused-ring (bicyclic) bond motifs is 8. The van der Waals surface area contributed by atoms with Gasteiger partial charge in [0.25, 0.3) is 0 Å². The average Bonchev–Trinajstić information content (AvgIpc) is 3.56. The van der Waals surface area contributed by atoms with Crippen LogP contribution in [-0.4, -0.2) is 19.9 Å². The topological polar surface area (TPSA) is 57.4 Å². The van der Waals surface area contributed by atoms with Crippen molar-refractivity contribution in [2.75, 3.05) is 0 Å². The summed E-state index contributed by atoms with van der Waals surface area (Å²) in [4.78, 5) is 16.0. The van der Waals surface area contributed by atoms with Crippen molar-refractivity contribution in [3.05, 3.63) is 108 Å². The largest absolute Gasteiger partial charge is 0.355 e. The van der Waals surface area contributed by atoms with Crippen LogP contribution in [-0.2, 0) is 27.3 Å². The van der Waals surface area contributed by atoms with Crippen LogP contribution in [0.15, 0.2) is 78.9 Å². The number of benzene rings is 1. The molecule has 3 aromatic heterocycles. The van der Waals surface area contributed by atoms with E-state index in [1.165, 1.54) is 0 Å². The minimum atomic E-state index is 0. The molecule has 0 saturated heterocycles. The van der Waals surface area contributed by atoms with Gasteiger partial charge in [-0.25, -0.2) is 9.97 Å². The molecule has 0 atom stereocenters. The van der Waals surface area contributed by atoms with Gasteiger partial charge in [-0.15, -0.1) is 0 Å². The fourth-order valence-corrected chi connectivity index (χ4v) is 3.29. The van der Waals surface area contributed by atoms with E-state index in [1.807, 2.05) is 72.8 Å². The van der Waals surface area contributed by atoms with E-state index in [0.29, 0.717) is 0 Å². The normalized spacial score (nSPS) is 11.4. The van der Waals surface area contributed by atoms with Gasteiger partial charge in [-0.2, -0.15) is 36.4 Å². The Bertz CT molecular complexity index is 1280. The first kappa shape index (κ1) is 21.0. The predicted molar refractivity (Wildman–Crippen MR) is 124 cm³/mol. The number of rotatable bonds is 0. The van der Waals surface area contributed by atoms with Gasteiger partial charge in [0.15, 0.2) is 0 Å².